The van der Waals surface area contributed by atoms with Crippen LogP contribution in [0, 0.1) is 5.92 Å². The molecule has 1 amide bonds. The summed E-state index contributed by atoms with van der Waals surface area (Å²) in [6.45, 7) is 6.55. The number of ether oxygens (including phenoxy) is 2. The van der Waals surface area contributed by atoms with E-state index in [0.717, 1.165) is 76.3 Å². The number of carbonyl (C=O) groups is 1. The van der Waals surface area contributed by atoms with E-state index in [4.69, 9.17) is 9.47 Å². The van der Waals surface area contributed by atoms with Crippen molar-refractivity contribution in [3.05, 3.63) is 18.2 Å². The Morgan fingerprint density at radius 3 is 2.28 bits per heavy atom. The summed E-state index contributed by atoms with van der Waals surface area (Å²) in [5.74, 6) is 0.876. The molecule has 4 rings (SSSR count). The van der Waals surface area contributed by atoms with Gasteiger partial charge in [0.15, 0.2) is 0 Å². The third kappa shape index (κ3) is 5.64. The number of amides is 1. The molecule has 0 bridgehead atoms. The fraction of sp³-hybridized carbons (Fsp3) is 0.696. The molecule has 2 aliphatic heterocycles. The molecule has 0 spiro atoms. The van der Waals surface area contributed by atoms with E-state index < -0.39 is 0 Å². The third-order valence-corrected chi connectivity index (χ3v) is 6.49. The first-order valence-corrected chi connectivity index (χ1v) is 11.4. The van der Waals surface area contributed by atoms with Crippen molar-refractivity contribution in [2.24, 2.45) is 5.92 Å². The molecule has 0 unspecified atom stereocenters. The Labute approximate surface area is 174 Å². The number of morpholine rings is 2. The number of hydrogen-bond donors (Lipinski definition) is 1. The maximum atomic E-state index is 12.7. The predicted octanol–water partition coefficient (Wildman–Crippen LogP) is 3.66. The van der Waals surface area contributed by atoms with Crippen LogP contribution < -0.4 is 15.1 Å². The van der Waals surface area contributed by atoms with E-state index >= 15 is 0 Å². The fourth-order valence-electron chi connectivity index (χ4n) is 4.73. The zero-order valence-electron chi connectivity index (χ0n) is 17.5. The molecule has 3 fully saturated rings. The van der Waals surface area contributed by atoms with Gasteiger partial charge in [0.2, 0.25) is 5.91 Å². The van der Waals surface area contributed by atoms with Crippen molar-refractivity contribution in [1.82, 2.24) is 0 Å². The molecule has 1 aromatic carbocycles. The largest absolute Gasteiger partial charge is 0.378 e. The molecule has 1 aliphatic carbocycles. The van der Waals surface area contributed by atoms with Gasteiger partial charge in [-0.3, -0.25) is 4.79 Å². The molecule has 0 aromatic heterocycles. The average molecular weight is 402 g/mol. The Morgan fingerprint density at radius 1 is 0.931 bits per heavy atom. The highest BCUT2D eigenvalue weighted by Gasteiger charge is 2.20. The minimum Gasteiger partial charge on any atom is -0.378 e. The third-order valence-electron chi connectivity index (χ3n) is 6.49. The van der Waals surface area contributed by atoms with Gasteiger partial charge in [0.1, 0.15) is 0 Å². The fourth-order valence-corrected chi connectivity index (χ4v) is 4.73. The number of nitrogens with zero attached hydrogens (tertiary/aromatic N) is 2. The van der Waals surface area contributed by atoms with E-state index in [0.29, 0.717) is 6.42 Å². The van der Waals surface area contributed by atoms with Crippen molar-refractivity contribution in [1.29, 1.82) is 0 Å². The molecule has 6 nitrogen and oxygen atoms in total. The number of nitrogens with one attached hydrogen (secondary N) is 1. The Balaban J connectivity index is 1.44. The van der Waals surface area contributed by atoms with E-state index in [2.05, 4.69) is 33.3 Å². The summed E-state index contributed by atoms with van der Waals surface area (Å²) >= 11 is 0. The van der Waals surface area contributed by atoms with E-state index in [9.17, 15) is 4.79 Å². The lowest BCUT2D eigenvalue weighted by Gasteiger charge is -2.33. The van der Waals surface area contributed by atoms with Gasteiger partial charge in [-0.1, -0.05) is 32.1 Å². The second-order valence-electron chi connectivity index (χ2n) is 8.49. The minimum absolute atomic E-state index is 0.143. The van der Waals surface area contributed by atoms with Crippen molar-refractivity contribution in [3.8, 4) is 0 Å². The topological polar surface area (TPSA) is 54.0 Å². The van der Waals surface area contributed by atoms with Crippen LogP contribution in [0.5, 0.6) is 0 Å². The Bertz CT molecular complexity index is 663. The van der Waals surface area contributed by atoms with Gasteiger partial charge in [0.25, 0.3) is 0 Å². The summed E-state index contributed by atoms with van der Waals surface area (Å²) in [5, 5.41) is 3.21. The molecule has 2 saturated heterocycles. The summed E-state index contributed by atoms with van der Waals surface area (Å²) in [4.78, 5) is 17.4. The molecular formula is C23H35N3O3. The van der Waals surface area contributed by atoms with Crippen molar-refractivity contribution >= 4 is 23.0 Å². The number of anilines is 3. The van der Waals surface area contributed by atoms with E-state index in [1.807, 2.05) is 0 Å². The van der Waals surface area contributed by atoms with Crippen molar-refractivity contribution in [2.45, 2.75) is 44.9 Å². The standard InChI is InChI=1S/C23H35N3O3/c27-23(9-6-19-4-2-1-3-5-19)24-21-8-7-20(25-10-14-28-15-11-25)18-22(21)26-12-16-29-17-13-26/h7-8,18-19H,1-6,9-17H2,(H,24,27). The van der Waals surface area contributed by atoms with Crippen molar-refractivity contribution in [3.63, 3.8) is 0 Å². The molecule has 160 valence electrons. The van der Waals surface area contributed by atoms with Gasteiger partial charge in [-0.2, -0.15) is 0 Å². The van der Waals surface area contributed by atoms with Crippen LogP contribution in [-0.2, 0) is 14.3 Å². The van der Waals surface area contributed by atoms with Crippen molar-refractivity contribution < 1.29 is 14.3 Å². The molecule has 29 heavy (non-hydrogen) atoms. The van der Waals surface area contributed by atoms with Crippen molar-refractivity contribution in [2.75, 3.05) is 67.7 Å². The van der Waals surface area contributed by atoms with Gasteiger partial charge in [0, 0.05) is 38.3 Å². The smallest absolute Gasteiger partial charge is 0.224 e. The normalized spacial score (nSPS) is 21.2. The van der Waals surface area contributed by atoms with Crippen LogP contribution in [-0.4, -0.2) is 58.5 Å². The lowest BCUT2D eigenvalue weighted by atomic mass is 9.86. The summed E-state index contributed by atoms with van der Waals surface area (Å²) in [5.41, 5.74) is 3.25. The second kappa shape index (κ2) is 10.3. The molecule has 6 heteroatoms. The van der Waals surface area contributed by atoms with Crippen LogP contribution >= 0.6 is 0 Å². The van der Waals surface area contributed by atoms with Gasteiger partial charge < -0.3 is 24.6 Å². The van der Waals surface area contributed by atoms with Crippen LogP contribution in [0.15, 0.2) is 18.2 Å². The maximum absolute atomic E-state index is 12.7. The van der Waals surface area contributed by atoms with E-state index in [-0.39, 0.29) is 5.91 Å². The lowest BCUT2D eigenvalue weighted by molar-refractivity contribution is -0.116. The highest BCUT2D eigenvalue weighted by molar-refractivity contribution is 5.95. The lowest BCUT2D eigenvalue weighted by Crippen LogP contribution is -2.38. The average Bonchev–Trinajstić information content (AvgIpc) is 2.80. The molecular weight excluding hydrogens is 366 g/mol. The molecule has 2 heterocycles. The first-order valence-electron chi connectivity index (χ1n) is 11.4. The van der Waals surface area contributed by atoms with Gasteiger partial charge in [-0.25, -0.2) is 0 Å². The van der Waals surface area contributed by atoms with Crippen LogP contribution in [0.25, 0.3) is 0 Å². The molecule has 1 aromatic rings. The zero-order valence-corrected chi connectivity index (χ0v) is 17.5. The Morgan fingerprint density at radius 2 is 1.59 bits per heavy atom. The van der Waals surface area contributed by atoms with Crippen LogP contribution in [0.4, 0.5) is 17.1 Å². The predicted molar refractivity (Wildman–Crippen MR) is 117 cm³/mol. The number of carbonyl (C=O) groups excluding carboxylic acids is 1. The first-order chi connectivity index (χ1) is 14.3. The quantitative estimate of drug-likeness (QED) is 0.788. The summed E-state index contributed by atoms with van der Waals surface area (Å²) in [7, 11) is 0. The van der Waals surface area contributed by atoms with Crippen LogP contribution in [0.2, 0.25) is 0 Å². The van der Waals surface area contributed by atoms with Gasteiger partial charge in [0.05, 0.1) is 37.8 Å². The minimum atomic E-state index is 0.143. The highest BCUT2D eigenvalue weighted by atomic mass is 16.5. The molecule has 1 N–H and O–H groups in total. The Hall–Kier alpha value is -1.79. The Kier molecular flexibility index (Phi) is 7.28. The van der Waals surface area contributed by atoms with Crippen LogP contribution in [0.1, 0.15) is 44.9 Å². The molecule has 3 aliphatic rings. The summed E-state index contributed by atoms with van der Waals surface area (Å²) in [6.07, 6.45) is 8.25. The first kappa shape index (κ1) is 20.5. The zero-order chi connectivity index (χ0) is 19.9. The van der Waals surface area contributed by atoms with E-state index in [1.165, 1.54) is 37.8 Å². The monoisotopic (exact) mass is 401 g/mol. The van der Waals surface area contributed by atoms with Crippen LogP contribution in [0.3, 0.4) is 0 Å². The molecule has 1 saturated carbocycles. The maximum Gasteiger partial charge on any atom is 0.224 e. The number of rotatable bonds is 6. The second-order valence-corrected chi connectivity index (χ2v) is 8.49. The van der Waals surface area contributed by atoms with E-state index in [1.54, 1.807) is 0 Å². The number of benzene rings is 1. The number of hydrogen-bond acceptors (Lipinski definition) is 5. The summed E-state index contributed by atoms with van der Waals surface area (Å²) < 4.78 is 11.0. The highest BCUT2D eigenvalue weighted by Crippen LogP contribution is 2.33. The van der Waals surface area contributed by atoms with Gasteiger partial charge >= 0.3 is 0 Å². The summed E-state index contributed by atoms with van der Waals surface area (Å²) in [6, 6.07) is 6.44. The van der Waals surface area contributed by atoms with Gasteiger partial charge in [-0.15, -0.1) is 0 Å². The molecule has 0 radical (unpaired) electrons. The van der Waals surface area contributed by atoms with Gasteiger partial charge in [-0.05, 0) is 30.5 Å². The SMILES string of the molecule is O=C(CCC1CCCCC1)Nc1ccc(N2CCOCC2)cc1N1CCOCC1. The molecule has 0 atom stereocenters.